The van der Waals surface area contributed by atoms with Gasteiger partial charge in [-0.05, 0) is 38.5 Å². The van der Waals surface area contributed by atoms with Gasteiger partial charge in [0.25, 0.3) is 0 Å². The largest absolute Gasteiger partial charge is 0.466 e. The Balaban J connectivity index is 3.15. The molecule has 0 aliphatic rings. The average Bonchev–Trinajstić information content (AvgIpc) is 3.23. The average molecular weight is 815 g/mol. The zero-order valence-corrected chi connectivity index (χ0v) is 40.5. The first-order chi connectivity index (χ1) is 28.8. The van der Waals surface area contributed by atoms with Crippen molar-refractivity contribution in [2.24, 2.45) is 0 Å². The molecule has 58 heavy (non-hydrogen) atoms. The quantitative estimate of drug-likeness (QED) is 0.0347. The van der Waals surface area contributed by atoms with E-state index in [0.717, 1.165) is 12.8 Å². The first-order valence-electron chi connectivity index (χ1n) is 27.6. The van der Waals surface area contributed by atoms with Crippen LogP contribution in [-0.2, 0) is 9.53 Å². The van der Waals surface area contributed by atoms with Crippen molar-refractivity contribution >= 4 is 5.97 Å². The van der Waals surface area contributed by atoms with Gasteiger partial charge in [-0.25, -0.2) is 0 Å². The van der Waals surface area contributed by atoms with Gasteiger partial charge in [0.05, 0.1) is 6.61 Å². The Morgan fingerprint density at radius 1 is 0.276 bits per heavy atom. The van der Waals surface area contributed by atoms with E-state index < -0.39 is 0 Å². The molecule has 346 valence electrons. The molecule has 0 rings (SSSR count). The Bertz CT molecular complexity index is 758. The zero-order chi connectivity index (χ0) is 41.8. The van der Waals surface area contributed by atoms with Gasteiger partial charge in [0.2, 0.25) is 0 Å². The predicted octanol–water partition coefficient (Wildman–Crippen LogP) is 20.6. The van der Waals surface area contributed by atoms with Crippen LogP contribution in [0.25, 0.3) is 0 Å². The van der Waals surface area contributed by atoms with Crippen LogP contribution in [0.1, 0.15) is 335 Å². The SMILES string of the molecule is CCCCCCCCC=CCCCCCCCCCCCC(=O)OCCCCCCCCCCCCCCCCCCCCCCCCCCCCCCCCCC. The molecular formula is C56H110O2. The van der Waals surface area contributed by atoms with Crippen molar-refractivity contribution < 1.29 is 9.53 Å². The second-order valence-corrected chi connectivity index (χ2v) is 18.9. The molecule has 0 aromatic carbocycles. The molecule has 0 fully saturated rings. The second-order valence-electron chi connectivity index (χ2n) is 18.9. The van der Waals surface area contributed by atoms with Crippen LogP contribution >= 0.6 is 0 Å². The maximum absolute atomic E-state index is 12.1. The number of carbonyl (C=O) groups excluding carboxylic acids is 1. The summed E-state index contributed by atoms with van der Waals surface area (Å²) in [4.78, 5) is 12.1. The van der Waals surface area contributed by atoms with E-state index in [1.807, 2.05) is 0 Å². The van der Waals surface area contributed by atoms with Crippen molar-refractivity contribution in [3.05, 3.63) is 12.2 Å². The summed E-state index contributed by atoms with van der Waals surface area (Å²) in [5.74, 6) is 0.0294. The fraction of sp³-hybridized carbons (Fsp3) is 0.946. The van der Waals surface area contributed by atoms with E-state index in [0.29, 0.717) is 13.0 Å². The molecular weight excluding hydrogens is 705 g/mol. The molecule has 0 atom stereocenters. The number of rotatable bonds is 52. The third kappa shape index (κ3) is 53.2. The van der Waals surface area contributed by atoms with Gasteiger partial charge < -0.3 is 4.74 Å². The summed E-state index contributed by atoms with van der Waals surface area (Å²) in [7, 11) is 0. The van der Waals surface area contributed by atoms with Crippen molar-refractivity contribution in [3.63, 3.8) is 0 Å². The molecule has 0 heterocycles. The van der Waals surface area contributed by atoms with Gasteiger partial charge >= 0.3 is 5.97 Å². The normalized spacial score (nSPS) is 11.7. The molecule has 0 aliphatic heterocycles. The van der Waals surface area contributed by atoms with E-state index >= 15 is 0 Å². The lowest BCUT2D eigenvalue weighted by Gasteiger charge is -2.06. The summed E-state index contributed by atoms with van der Waals surface area (Å²) in [5, 5.41) is 0. The summed E-state index contributed by atoms with van der Waals surface area (Å²) < 4.78 is 5.50. The van der Waals surface area contributed by atoms with Crippen LogP contribution in [0.3, 0.4) is 0 Å². The molecule has 0 N–H and O–H groups in total. The van der Waals surface area contributed by atoms with Gasteiger partial charge in [-0.2, -0.15) is 0 Å². The highest BCUT2D eigenvalue weighted by Crippen LogP contribution is 2.18. The van der Waals surface area contributed by atoms with Gasteiger partial charge in [0.15, 0.2) is 0 Å². The maximum atomic E-state index is 12.1. The Labute approximate surface area is 367 Å². The van der Waals surface area contributed by atoms with Crippen LogP contribution in [0.5, 0.6) is 0 Å². The molecule has 0 spiro atoms. The van der Waals surface area contributed by atoms with Crippen molar-refractivity contribution in [2.45, 2.75) is 335 Å². The Morgan fingerprint density at radius 3 is 0.741 bits per heavy atom. The van der Waals surface area contributed by atoms with Crippen molar-refractivity contribution in [2.75, 3.05) is 6.61 Å². The molecule has 0 amide bonds. The van der Waals surface area contributed by atoms with Crippen molar-refractivity contribution in [1.29, 1.82) is 0 Å². The number of allylic oxidation sites excluding steroid dienone is 2. The van der Waals surface area contributed by atoms with E-state index in [4.69, 9.17) is 4.74 Å². The van der Waals surface area contributed by atoms with E-state index in [1.54, 1.807) is 0 Å². The number of esters is 1. The molecule has 0 radical (unpaired) electrons. The van der Waals surface area contributed by atoms with E-state index in [-0.39, 0.29) is 5.97 Å². The molecule has 0 bridgehead atoms. The minimum Gasteiger partial charge on any atom is -0.466 e. The first kappa shape index (κ1) is 57.2. The minimum atomic E-state index is 0.0294. The predicted molar refractivity (Wildman–Crippen MR) is 262 cm³/mol. The lowest BCUT2D eigenvalue weighted by atomic mass is 10.0. The first-order valence-corrected chi connectivity index (χ1v) is 27.6. The second kappa shape index (κ2) is 54.2. The summed E-state index contributed by atoms with van der Waals surface area (Å²) in [5.41, 5.74) is 0. The molecule has 0 saturated heterocycles. The summed E-state index contributed by atoms with van der Waals surface area (Å²) >= 11 is 0. The highest BCUT2D eigenvalue weighted by molar-refractivity contribution is 5.69. The van der Waals surface area contributed by atoms with Crippen LogP contribution in [0, 0.1) is 0 Å². The number of hydrogen-bond donors (Lipinski definition) is 0. The van der Waals surface area contributed by atoms with Gasteiger partial charge in [0.1, 0.15) is 0 Å². The van der Waals surface area contributed by atoms with E-state index in [2.05, 4.69) is 26.0 Å². The monoisotopic (exact) mass is 815 g/mol. The highest BCUT2D eigenvalue weighted by atomic mass is 16.5. The zero-order valence-electron chi connectivity index (χ0n) is 40.5. The smallest absolute Gasteiger partial charge is 0.305 e. The van der Waals surface area contributed by atoms with Gasteiger partial charge in [0, 0.05) is 6.42 Å². The van der Waals surface area contributed by atoms with Crippen LogP contribution in [0.15, 0.2) is 12.2 Å². The Hall–Kier alpha value is -0.790. The van der Waals surface area contributed by atoms with Crippen LogP contribution in [0.4, 0.5) is 0 Å². The summed E-state index contributed by atoms with van der Waals surface area (Å²) in [6.07, 6.45) is 73.8. The minimum absolute atomic E-state index is 0.0294. The standard InChI is InChI=1S/C56H110O2/c1-3-5-7-9-11-13-15-17-19-21-23-24-25-26-27-28-29-30-31-32-33-34-35-37-39-41-43-45-47-49-51-53-55-58-56(57)54-52-50-48-46-44-42-40-38-36-22-20-18-16-14-12-10-8-6-4-2/h18,20H,3-17,19,21-55H2,1-2H3. The summed E-state index contributed by atoms with van der Waals surface area (Å²) in [6.45, 7) is 5.23. The Kier molecular flexibility index (Phi) is 53.5. The third-order valence-corrected chi connectivity index (χ3v) is 12.9. The van der Waals surface area contributed by atoms with Crippen LogP contribution in [-0.4, -0.2) is 12.6 Å². The molecule has 2 nitrogen and oxygen atoms in total. The van der Waals surface area contributed by atoms with E-state index in [1.165, 1.54) is 302 Å². The van der Waals surface area contributed by atoms with Gasteiger partial charge in [-0.15, -0.1) is 0 Å². The van der Waals surface area contributed by atoms with Crippen molar-refractivity contribution in [3.8, 4) is 0 Å². The number of unbranched alkanes of at least 4 members (excludes halogenated alkanes) is 46. The fourth-order valence-electron chi connectivity index (χ4n) is 8.78. The van der Waals surface area contributed by atoms with Gasteiger partial charge in [-0.3, -0.25) is 4.79 Å². The molecule has 2 heteroatoms. The highest BCUT2D eigenvalue weighted by Gasteiger charge is 2.03. The molecule has 0 aliphatic carbocycles. The number of hydrogen-bond acceptors (Lipinski definition) is 2. The van der Waals surface area contributed by atoms with E-state index in [9.17, 15) is 4.79 Å². The lowest BCUT2D eigenvalue weighted by Crippen LogP contribution is -2.05. The number of ether oxygens (including phenoxy) is 1. The van der Waals surface area contributed by atoms with Crippen LogP contribution < -0.4 is 0 Å². The lowest BCUT2D eigenvalue weighted by molar-refractivity contribution is -0.143. The topological polar surface area (TPSA) is 26.3 Å². The molecule has 0 saturated carbocycles. The van der Waals surface area contributed by atoms with Crippen LogP contribution in [0.2, 0.25) is 0 Å². The van der Waals surface area contributed by atoms with Gasteiger partial charge in [-0.1, -0.05) is 302 Å². The maximum Gasteiger partial charge on any atom is 0.305 e. The Morgan fingerprint density at radius 2 is 0.483 bits per heavy atom. The molecule has 0 unspecified atom stereocenters. The summed E-state index contributed by atoms with van der Waals surface area (Å²) in [6, 6.07) is 0. The number of carbonyl (C=O) groups is 1. The fourth-order valence-corrected chi connectivity index (χ4v) is 8.78. The third-order valence-electron chi connectivity index (χ3n) is 12.9. The molecule has 0 aromatic heterocycles. The molecule has 0 aromatic rings. The van der Waals surface area contributed by atoms with Crippen molar-refractivity contribution in [1.82, 2.24) is 0 Å².